The average molecular weight is 473 g/mol. The Morgan fingerprint density at radius 3 is 2.41 bits per heavy atom. The fraction of sp³-hybridized carbons (Fsp3) is 0.355. The molecule has 1 aromatic heterocycles. The Balaban J connectivity index is 1.43. The highest BCUT2D eigenvalue weighted by atomic mass is 32.2. The van der Waals surface area contributed by atoms with Gasteiger partial charge < -0.3 is 9.15 Å². The molecule has 0 spiro atoms. The first kappa shape index (κ1) is 24.5. The summed E-state index contributed by atoms with van der Waals surface area (Å²) in [6.45, 7) is 7.33. The molecule has 0 amide bonds. The minimum absolute atomic E-state index is 0.719. The van der Waals surface area contributed by atoms with E-state index >= 15 is 0 Å². The molecule has 0 aliphatic heterocycles. The molecule has 1 heterocycles. The van der Waals surface area contributed by atoms with Crippen LogP contribution in [0.3, 0.4) is 0 Å². The first-order valence-electron chi connectivity index (χ1n) is 12.6. The van der Waals surface area contributed by atoms with Crippen LogP contribution in [0.4, 0.5) is 0 Å². The van der Waals surface area contributed by atoms with E-state index in [9.17, 15) is 0 Å². The van der Waals surface area contributed by atoms with Gasteiger partial charge in [0.15, 0.2) is 0 Å². The quantitative estimate of drug-likeness (QED) is 0.151. The zero-order valence-electron chi connectivity index (χ0n) is 20.7. The van der Waals surface area contributed by atoms with Gasteiger partial charge in [-0.2, -0.15) is 0 Å². The smallest absolute Gasteiger partial charge is 0.141 e. The molecule has 4 rings (SSSR count). The Morgan fingerprint density at radius 2 is 1.65 bits per heavy atom. The van der Waals surface area contributed by atoms with Gasteiger partial charge in [-0.15, -0.1) is 11.8 Å². The Hall–Kier alpha value is -2.65. The van der Waals surface area contributed by atoms with E-state index in [4.69, 9.17) is 9.15 Å². The molecule has 0 atom stereocenters. The molecule has 3 heteroatoms. The van der Waals surface area contributed by atoms with Crippen molar-refractivity contribution in [3.05, 3.63) is 83.6 Å². The van der Waals surface area contributed by atoms with Crippen LogP contribution in [0, 0.1) is 6.92 Å². The number of furan rings is 1. The lowest BCUT2D eigenvalue weighted by molar-refractivity contribution is 0.315. The number of fused-ring (bicyclic) bond motifs is 1. The van der Waals surface area contributed by atoms with Crippen molar-refractivity contribution >= 4 is 22.7 Å². The molecular formula is C31H36O2S. The van der Waals surface area contributed by atoms with Crippen LogP contribution in [-0.4, -0.2) is 12.4 Å². The summed E-state index contributed by atoms with van der Waals surface area (Å²) in [7, 11) is 0. The minimum Gasteiger partial charge on any atom is -0.493 e. The van der Waals surface area contributed by atoms with Crippen LogP contribution in [0.25, 0.3) is 22.1 Å². The van der Waals surface area contributed by atoms with Crippen LogP contribution in [0.1, 0.15) is 56.2 Å². The molecule has 178 valence electrons. The summed E-state index contributed by atoms with van der Waals surface area (Å²) < 4.78 is 12.5. The molecule has 2 nitrogen and oxygen atoms in total. The average Bonchev–Trinajstić information content (AvgIpc) is 3.28. The van der Waals surface area contributed by atoms with Crippen LogP contribution in [0.2, 0.25) is 0 Å². The van der Waals surface area contributed by atoms with Crippen molar-refractivity contribution in [3.63, 3.8) is 0 Å². The number of hydrogen-bond donors (Lipinski definition) is 0. The van der Waals surface area contributed by atoms with E-state index < -0.39 is 0 Å². The summed E-state index contributed by atoms with van der Waals surface area (Å²) in [5.74, 6) is 2.03. The summed E-state index contributed by atoms with van der Waals surface area (Å²) in [6, 6.07) is 21.8. The number of hydrogen-bond acceptors (Lipinski definition) is 3. The fourth-order valence-corrected chi connectivity index (χ4v) is 5.25. The van der Waals surface area contributed by atoms with Gasteiger partial charge in [0.1, 0.15) is 11.3 Å². The van der Waals surface area contributed by atoms with Gasteiger partial charge in [-0.25, -0.2) is 0 Å². The normalized spacial score (nSPS) is 11.3. The maximum atomic E-state index is 6.30. The molecule has 0 N–H and O–H groups in total. The molecule has 0 unspecified atom stereocenters. The number of thioether (sulfide) groups is 1. The molecule has 34 heavy (non-hydrogen) atoms. The summed E-state index contributed by atoms with van der Waals surface area (Å²) in [4.78, 5) is 1.34. The van der Waals surface area contributed by atoms with Gasteiger partial charge in [0, 0.05) is 27.2 Å². The highest BCUT2D eigenvalue weighted by molar-refractivity contribution is 7.99. The number of ether oxygens (including phenoxy) is 1. The van der Waals surface area contributed by atoms with Crippen LogP contribution in [0.15, 0.2) is 76.2 Å². The molecule has 0 bridgehead atoms. The molecule has 0 saturated carbocycles. The predicted molar refractivity (Wildman–Crippen MR) is 146 cm³/mol. The number of rotatable bonds is 12. The van der Waals surface area contributed by atoms with Crippen LogP contribution < -0.4 is 4.74 Å². The maximum absolute atomic E-state index is 6.30. The lowest BCUT2D eigenvalue weighted by Gasteiger charge is -2.12. The van der Waals surface area contributed by atoms with E-state index in [1.165, 1.54) is 44.5 Å². The van der Waals surface area contributed by atoms with E-state index in [1.54, 1.807) is 0 Å². The lowest BCUT2D eigenvalue weighted by Crippen LogP contribution is -2.02. The summed E-state index contributed by atoms with van der Waals surface area (Å²) in [6.07, 6.45) is 8.53. The van der Waals surface area contributed by atoms with Crippen molar-refractivity contribution in [1.29, 1.82) is 0 Å². The summed E-state index contributed by atoms with van der Waals surface area (Å²) >= 11 is 1.91. The first-order chi connectivity index (χ1) is 16.7. The van der Waals surface area contributed by atoms with Crippen molar-refractivity contribution in [2.75, 3.05) is 12.4 Å². The van der Waals surface area contributed by atoms with Crippen molar-refractivity contribution in [3.8, 4) is 16.9 Å². The fourth-order valence-electron chi connectivity index (χ4n) is 4.42. The Labute approximate surface area is 208 Å². The standard InChI is InChI=1S/C31H36O2S/c1-4-6-12-28-30(32-20-9-21-34-25-16-14-24(10-5-2)15-17-25)19-18-27-29(22-33-31(27)28)26-13-8-7-11-23(26)3/h7-8,11,13-19,22H,4-6,9-10,12,20-21H2,1-3H3. The van der Waals surface area contributed by atoms with E-state index in [0.29, 0.717) is 0 Å². The summed E-state index contributed by atoms with van der Waals surface area (Å²) in [5, 5.41) is 1.18. The number of unbranched alkanes of at least 4 members (excludes halogenated alkanes) is 1. The SMILES string of the molecule is CCCCc1c(OCCCSc2ccc(CCC)cc2)ccc2c(-c3ccccc3C)coc12. The van der Waals surface area contributed by atoms with Gasteiger partial charge in [0.25, 0.3) is 0 Å². The third-order valence-corrected chi connectivity index (χ3v) is 7.39. The minimum atomic E-state index is 0.719. The van der Waals surface area contributed by atoms with Gasteiger partial charge >= 0.3 is 0 Å². The lowest BCUT2D eigenvalue weighted by atomic mass is 9.97. The molecule has 4 aromatic rings. The van der Waals surface area contributed by atoms with Crippen molar-refractivity contribution in [2.24, 2.45) is 0 Å². The third-order valence-electron chi connectivity index (χ3n) is 6.29. The molecule has 3 aromatic carbocycles. The summed E-state index contributed by atoms with van der Waals surface area (Å²) in [5.41, 5.74) is 7.27. The van der Waals surface area contributed by atoms with Crippen molar-refractivity contribution < 1.29 is 9.15 Å². The van der Waals surface area contributed by atoms with Gasteiger partial charge in [-0.1, -0.05) is 63.1 Å². The molecule has 0 aliphatic rings. The second-order valence-corrected chi connectivity index (χ2v) is 10.1. The Morgan fingerprint density at radius 1 is 0.824 bits per heavy atom. The van der Waals surface area contributed by atoms with E-state index in [-0.39, 0.29) is 0 Å². The van der Waals surface area contributed by atoms with E-state index in [0.717, 1.165) is 55.8 Å². The zero-order valence-corrected chi connectivity index (χ0v) is 21.5. The highest BCUT2D eigenvalue weighted by Crippen LogP contribution is 2.38. The molecular weight excluding hydrogens is 436 g/mol. The predicted octanol–water partition coefficient (Wildman–Crippen LogP) is 9.26. The third kappa shape index (κ3) is 5.88. The second-order valence-electron chi connectivity index (χ2n) is 8.93. The molecule has 0 fully saturated rings. The molecule has 0 saturated heterocycles. The number of aryl methyl sites for hydroxylation is 3. The van der Waals surface area contributed by atoms with Crippen LogP contribution in [-0.2, 0) is 12.8 Å². The maximum Gasteiger partial charge on any atom is 0.141 e. The zero-order chi connectivity index (χ0) is 23.8. The van der Waals surface area contributed by atoms with Crippen molar-refractivity contribution in [1.82, 2.24) is 0 Å². The van der Waals surface area contributed by atoms with Gasteiger partial charge in [-0.05, 0) is 73.6 Å². The first-order valence-corrected chi connectivity index (χ1v) is 13.6. The monoisotopic (exact) mass is 472 g/mol. The van der Waals surface area contributed by atoms with Gasteiger partial charge in [0.2, 0.25) is 0 Å². The highest BCUT2D eigenvalue weighted by Gasteiger charge is 2.17. The second kappa shape index (κ2) is 12.2. The van der Waals surface area contributed by atoms with E-state index in [2.05, 4.69) is 81.4 Å². The van der Waals surface area contributed by atoms with Gasteiger partial charge in [0.05, 0.1) is 12.9 Å². The van der Waals surface area contributed by atoms with E-state index in [1.807, 2.05) is 18.0 Å². The number of benzene rings is 3. The largest absolute Gasteiger partial charge is 0.493 e. The molecule has 0 radical (unpaired) electrons. The van der Waals surface area contributed by atoms with Crippen LogP contribution >= 0.6 is 11.8 Å². The topological polar surface area (TPSA) is 22.4 Å². The van der Waals surface area contributed by atoms with Gasteiger partial charge in [-0.3, -0.25) is 0 Å². The van der Waals surface area contributed by atoms with Crippen molar-refractivity contribution in [2.45, 2.75) is 64.2 Å². The van der Waals surface area contributed by atoms with Crippen LogP contribution in [0.5, 0.6) is 5.75 Å². The Bertz CT molecular complexity index is 1190. The molecule has 0 aliphatic carbocycles. The Kier molecular flexibility index (Phi) is 8.76.